The number of amides is 2. The lowest BCUT2D eigenvalue weighted by molar-refractivity contribution is -0.134. The highest BCUT2D eigenvalue weighted by atomic mass is 35.5. The number of nitrogens with one attached hydrogen (secondary N) is 2. The maximum atomic E-state index is 13.5. The third-order valence-corrected chi connectivity index (χ3v) is 5.79. The van der Waals surface area contributed by atoms with Gasteiger partial charge < -0.3 is 20.3 Å². The van der Waals surface area contributed by atoms with E-state index in [-0.39, 0.29) is 16.8 Å². The summed E-state index contributed by atoms with van der Waals surface area (Å²) in [6, 6.07) is 7.62. The second-order valence-corrected chi connectivity index (χ2v) is 8.42. The lowest BCUT2D eigenvalue weighted by Crippen LogP contribution is -2.48. The van der Waals surface area contributed by atoms with Crippen LogP contribution >= 0.6 is 11.6 Å². The zero-order valence-electron chi connectivity index (χ0n) is 19.2. The molecule has 0 radical (unpaired) electrons. The van der Waals surface area contributed by atoms with Gasteiger partial charge in [-0.1, -0.05) is 17.7 Å². The number of ether oxygens (including phenoxy) is 1. The minimum absolute atomic E-state index is 0.0203. The fraction of sp³-hybridized carbons (Fsp3) is 0.250. The minimum Gasteiger partial charge on any atom is -0.494 e. The molecule has 182 valence electrons. The minimum atomic E-state index is -0.524. The first-order valence-corrected chi connectivity index (χ1v) is 11.2. The van der Waals surface area contributed by atoms with Gasteiger partial charge in [-0.25, -0.2) is 14.4 Å². The standard InChI is InChI=1S/C24H24ClFN6O3/c1-31-8-9-32(23(34)13-31)7-3-4-22(33)30-20-11-16-19(12-21(20)35-2)27-14-28-24(16)29-15-5-6-18(26)17(25)10-15/h3-6,10-12,14H,7-9,13H2,1-2H3,(H,30,33)(H,27,28,29)/b4-3+. The van der Waals surface area contributed by atoms with Gasteiger partial charge in [0.05, 0.1) is 29.9 Å². The van der Waals surface area contributed by atoms with Gasteiger partial charge in [0.25, 0.3) is 0 Å². The third kappa shape index (κ3) is 5.84. The Morgan fingerprint density at radius 2 is 2.09 bits per heavy atom. The first-order valence-electron chi connectivity index (χ1n) is 10.8. The number of carbonyl (C=O) groups excluding carboxylic acids is 2. The average molecular weight is 499 g/mol. The molecule has 1 aromatic heterocycles. The molecule has 1 saturated heterocycles. The van der Waals surface area contributed by atoms with Crippen LogP contribution < -0.4 is 15.4 Å². The van der Waals surface area contributed by atoms with Crippen molar-refractivity contribution in [2.45, 2.75) is 0 Å². The Morgan fingerprint density at radius 3 is 2.83 bits per heavy atom. The number of halogens is 2. The van der Waals surface area contributed by atoms with E-state index in [1.165, 1.54) is 37.7 Å². The van der Waals surface area contributed by atoms with E-state index >= 15 is 0 Å². The molecule has 35 heavy (non-hydrogen) atoms. The van der Waals surface area contributed by atoms with E-state index in [0.717, 1.165) is 6.54 Å². The number of hydrogen-bond acceptors (Lipinski definition) is 7. The van der Waals surface area contributed by atoms with Crippen LogP contribution in [0, 0.1) is 5.82 Å². The molecule has 4 rings (SSSR count). The highest BCUT2D eigenvalue weighted by Gasteiger charge is 2.20. The molecule has 0 atom stereocenters. The predicted molar refractivity (Wildman–Crippen MR) is 133 cm³/mol. The van der Waals surface area contributed by atoms with E-state index in [2.05, 4.69) is 20.6 Å². The van der Waals surface area contributed by atoms with Crippen LogP contribution in [0.4, 0.5) is 21.6 Å². The van der Waals surface area contributed by atoms with Crippen molar-refractivity contribution in [2.24, 2.45) is 0 Å². The highest BCUT2D eigenvalue weighted by molar-refractivity contribution is 6.31. The molecule has 0 spiro atoms. The van der Waals surface area contributed by atoms with E-state index < -0.39 is 5.82 Å². The fourth-order valence-corrected chi connectivity index (χ4v) is 3.82. The number of nitrogens with zero attached hydrogens (tertiary/aromatic N) is 4. The first kappa shape index (κ1) is 24.4. The summed E-state index contributed by atoms with van der Waals surface area (Å²) in [6.07, 6.45) is 4.42. The molecule has 0 saturated carbocycles. The zero-order chi connectivity index (χ0) is 24.9. The van der Waals surface area contributed by atoms with Crippen LogP contribution in [0.3, 0.4) is 0 Å². The van der Waals surface area contributed by atoms with E-state index in [0.29, 0.717) is 53.5 Å². The molecular weight excluding hydrogens is 475 g/mol. The number of piperazine rings is 1. The Kier molecular flexibility index (Phi) is 7.42. The number of aromatic nitrogens is 2. The Balaban J connectivity index is 1.52. The first-order chi connectivity index (χ1) is 16.8. The summed E-state index contributed by atoms with van der Waals surface area (Å²) < 4.78 is 18.9. The molecule has 1 aliphatic rings. The topological polar surface area (TPSA) is 99.7 Å². The van der Waals surface area contributed by atoms with Gasteiger partial charge in [0.1, 0.15) is 23.7 Å². The monoisotopic (exact) mass is 498 g/mol. The molecule has 11 heteroatoms. The SMILES string of the molecule is COc1cc2ncnc(Nc3ccc(F)c(Cl)c3)c2cc1NC(=O)/C=C/CN1CCN(C)CC1=O. The van der Waals surface area contributed by atoms with Gasteiger partial charge in [-0.05, 0) is 31.3 Å². The highest BCUT2D eigenvalue weighted by Crippen LogP contribution is 2.33. The van der Waals surface area contributed by atoms with Gasteiger partial charge >= 0.3 is 0 Å². The molecule has 9 nitrogen and oxygen atoms in total. The van der Waals surface area contributed by atoms with Crippen LogP contribution in [-0.4, -0.2) is 71.9 Å². The summed E-state index contributed by atoms with van der Waals surface area (Å²) in [5.41, 5.74) is 1.54. The number of methoxy groups -OCH3 is 1. The summed E-state index contributed by atoms with van der Waals surface area (Å²) in [5, 5.41) is 6.49. The molecule has 0 aliphatic carbocycles. The maximum absolute atomic E-state index is 13.5. The molecule has 2 N–H and O–H groups in total. The number of hydrogen-bond donors (Lipinski definition) is 2. The van der Waals surface area contributed by atoms with Crippen molar-refractivity contribution in [1.82, 2.24) is 19.8 Å². The number of carbonyl (C=O) groups is 2. The third-order valence-electron chi connectivity index (χ3n) is 5.50. The van der Waals surface area contributed by atoms with Crippen molar-refractivity contribution >= 4 is 51.5 Å². The van der Waals surface area contributed by atoms with Gasteiger partial charge in [-0.2, -0.15) is 0 Å². The summed E-state index contributed by atoms with van der Waals surface area (Å²) in [6.45, 7) is 2.14. The number of benzene rings is 2. The Labute approximate surface area is 206 Å². The van der Waals surface area contributed by atoms with Crippen molar-refractivity contribution in [3.8, 4) is 5.75 Å². The molecule has 1 aliphatic heterocycles. The van der Waals surface area contributed by atoms with Gasteiger partial charge in [0.15, 0.2) is 0 Å². The van der Waals surface area contributed by atoms with Crippen LogP contribution in [0.5, 0.6) is 5.75 Å². The van der Waals surface area contributed by atoms with Crippen molar-refractivity contribution in [1.29, 1.82) is 0 Å². The smallest absolute Gasteiger partial charge is 0.248 e. The number of likely N-dealkylation sites (N-methyl/N-ethyl adjacent to an activating group) is 1. The van der Waals surface area contributed by atoms with E-state index in [1.807, 2.05) is 11.9 Å². The fourth-order valence-electron chi connectivity index (χ4n) is 3.64. The van der Waals surface area contributed by atoms with Gasteiger partial charge in [0.2, 0.25) is 11.8 Å². The molecule has 2 heterocycles. The molecule has 0 unspecified atom stereocenters. The van der Waals surface area contributed by atoms with Crippen molar-refractivity contribution in [3.63, 3.8) is 0 Å². The van der Waals surface area contributed by atoms with Crippen LogP contribution in [0.15, 0.2) is 48.8 Å². The van der Waals surface area contributed by atoms with Crippen LogP contribution in [0.25, 0.3) is 10.9 Å². The molecular formula is C24H24ClFN6O3. The summed E-state index contributed by atoms with van der Waals surface area (Å²) in [5.74, 6) is -0.00385. The molecule has 3 aromatic rings. The molecule has 1 fully saturated rings. The van der Waals surface area contributed by atoms with Crippen LogP contribution in [0.1, 0.15) is 0 Å². The Morgan fingerprint density at radius 1 is 1.26 bits per heavy atom. The second kappa shape index (κ2) is 10.7. The zero-order valence-corrected chi connectivity index (χ0v) is 20.0. The molecule has 2 amide bonds. The summed E-state index contributed by atoms with van der Waals surface area (Å²) in [7, 11) is 3.39. The van der Waals surface area contributed by atoms with Crippen LogP contribution in [0.2, 0.25) is 5.02 Å². The Hall–Kier alpha value is -3.76. The van der Waals surface area contributed by atoms with E-state index in [1.54, 1.807) is 23.1 Å². The molecule has 2 aromatic carbocycles. The van der Waals surface area contributed by atoms with E-state index in [9.17, 15) is 14.0 Å². The maximum Gasteiger partial charge on any atom is 0.248 e. The quantitative estimate of drug-likeness (QED) is 0.481. The molecule has 0 bridgehead atoms. The normalized spacial score (nSPS) is 14.5. The predicted octanol–water partition coefficient (Wildman–Crippen LogP) is 3.44. The van der Waals surface area contributed by atoms with Crippen molar-refractivity contribution in [3.05, 3.63) is 59.7 Å². The van der Waals surface area contributed by atoms with Gasteiger partial charge in [-0.15, -0.1) is 0 Å². The van der Waals surface area contributed by atoms with Crippen molar-refractivity contribution < 1.29 is 18.7 Å². The van der Waals surface area contributed by atoms with Gasteiger partial charge in [-0.3, -0.25) is 14.5 Å². The van der Waals surface area contributed by atoms with E-state index in [4.69, 9.17) is 16.3 Å². The Bertz CT molecular complexity index is 1300. The number of fused-ring (bicyclic) bond motifs is 1. The number of anilines is 3. The summed E-state index contributed by atoms with van der Waals surface area (Å²) in [4.78, 5) is 36.9. The lowest BCUT2D eigenvalue weighted by Gasteiger charge is -2.31. The average Bonchev–Trinajstić information content (AvgIpc) is 2.83. The van der Waals surface area contributed by atoms with Crippen molar-refractivity contribution in [2.75, 3.05) is 51.0 Å². The number of rotatable bonds is 7. The largest absolute Gasteiger partial charge is 0.494 e. The summed E-state index contributed by atoms with van der Waals surface area (Å²) >= 11 is 5.88. The van der Waals surface area contributed by atoms with Crippen LogP contribution in [-0.2, 0) is 9.59 Å². The van der Waals surface area contributed by atoms with Gasteiger partial charge in [0, 0.05) is 42.9 Å². The lowest BCUT2D eigenvalue weighted by atomic mass is 10.1. The second-order valence-electron chi connectivity index (χ2n) is 8.01.